The Morgan fingerprint density at radius 3 is 2.48 bits per heavy atom. The summed E-state index contributed by atoms with van der Waals surface area (Å²) in [5.41, 5.74) is 3.69. The van der Waals surface area contributed by atoms with Crippen LogP contribution in [-0.4, -0.2) is 33.2 Å². The molecule has 0 bridgehead atoms. The predicted molar refractivity (Wildman–Crippen MR) is 98.9 cm³/mol. The van der Waals surface area contributed by atoms with Crippen LogP contribution in [0.2, 0.25) is 0 Å². The van der Waals surface area contributed by atoms with Crippen molar-refractivity contribution in [3.8, 4) is 11.4 Å². The summed E-state index contributed by atoms with van der Waals surface area (Å²) in [6.45, 7) is 3.97. The second-order valence-electron chi connectivity index (χ2n) is 5.56. The molecule has 5 nitrogen and oxygen atoms in total. The minimum Gasteiger partial charge on any atom is -0.497 e. The van der Waals surface area contributed by atoms with Crippen molar-refractivity contribution < 1.29 is 9.53 Å². The van der Waals surface area contributed by atoms with E-state index in [4.69, 9.17) is 4.74 Å². The van der Waals surface area contributed by atoms with E-state index in [0.717, 1.165) is 28.4 Å². The number of aromatic nitrogens is 3. The molecule has 1 aromatic carbocycles. The number of aryl methyl sites for hydroxylation is 1. The molecule has 0 N–H and O–H groups in total. The fourth-order valence-electron chi connectivity index (χ4n) is 2.74. The smallest absolute Gasteiger partial charge is 0.187 e. The van der Waals surface area contributed by atoms with E-state index in [9.17, 15) is 4.79 Å². The summed E-state index contributed by atoms with van der Waals surface area (Å²) in [6.07, 6.45) is 3.35. The Morgan fingerprint density at radius 2 is 1.84 bits per heavy atom. The number of ketones is 1. The zero-order valence-electron chi connectivity index (χ0n) is 14.4. The zero-order valence-corrected chi connectivity index (χ0v) is 15.2. The molecule has 0 aliphatic heterocycles. The van der Waals surface area contributed by atoms with Crippen LogP contribution in [0.15, 0.2) is 53.9 Å². The normalized spacial score (nSPS) is 10.7. The van der Waals surface area contributed by atoms with Crippen LogP contribution in [0, 0.1) is 13.8 Å². The van der Waals surface area contributed by atoms with Gasteiger partial charge in [0, 0.05) is 35.0 Å². The lowest BCUT2D eigenvalue weighted by molar-refractivity contribution is 0.102. The van der Waals surface area contributed by atoms with Gasteiger partial charge in [-0.25, -0.2) is 9.97 Å². The van der Waals surface area contributed by atoms with Crippen molar-refractivity contribution in [1.29, 1.82) is 0 Å². The minimum absolute atomic E-state index is 0.0744. The van der Waals surface area contributed by atoms with Gasteiger partial charge in [-0.2, -0.15) is 0 Å². The van der Waals surface area contributed by atoms with Crippen molar-refractivity contribution in [2.45, 2.75) is 19.0 Å². The summed E-state index contributed by atoms with van der Waals surface area (Å²) in [7, 11) is 1.64. The summed E-state index contributed by atoms with van der Waals surface area (Å²) in [4.78, 5) is 20.9. The molecule has 0 saturated heterocycles. The van der Waals surface area contributed by atoms with Crippen molar-refractivity contribution in [3.05, 3.63) is 65.7 Å². The van der Waals surface area contributed by atoms with E-state index in [2.05, 4.69) is 14.5 Å². The maximum absolute atomic E-state index is 12.6. The number of thioether (sulfide) groups is 1. The van der Waals surface area contributed by atoms with E-state index in [1.54, 1.807) is 25.6 Å². The van der Waals surface area contributed by atoms with Crippen LogP contribution in [0.3, 0.4) is 0 Å². The Balaban J connectivity index is 1.82. The van der Waals surface area contributed by atoms with Crippen LogP contribution >= 0.6 is 11.8 Å². The van der Waals surface area contributed by atoms with Gasteiger partial charge < -0.3 is 9.30 Å². The Morgan fingerprint density at radius 1 is 1.16 bits per heavy atom. The topological polar surface area (TPSA) is 57.0 Å². The largest absolute Gasteiger partial charge is 0.497 e. The molecule has 0 radical (unpaired) electrons. The van der Waals surface area contributed by atoms with E-state index in [-0.39, 0.29) is 5.78 Å². The monoisotopic (exact) mass is 353 g/mol. The molecule has 25 heavy (non-hydrogen) atoms. The summed E-state index contributed by atoms with van der Waals surface area (Å²) in [6, 6.07) is 11.5. The highest BCUT2D eigenvalue weighted by Gasteiger charge is 2.17. The van der Waals surface area contributed by atoms with E-state index < -0.39 is 0 Å². The van der Waals surface area contributed by atoms with Gasteiger partial charge in [0.1, 0.15) is 5.75 Å². The van der Waals surface area contributed by atoms with Crippen molar-refractivity contribution in [1.82, 2.24) is 14.5 Å². The number of carbonyl (C=O) groups is 1. The molecule has 0 unspecified atom stereocenters. The molecule has 0 atom stereocenters. The Hall–Kier alpha value is -2.60. The molecule has 0 saturated carbocycles. The van der Waals surface area contributed by atoms with Crippen LogP contribution in [0.25, 0.3) is 5.69 Å². The predicted octanol–water partition coefficient (Wildman–Crippen LogP) is 3.87. The third-order valence-electron chi connectivity index (χ3n) is 3.94. The van der Waals surface area contributed by atoms with Crippen LogP contribution in [0.5, 0.6) is 5.75 Å². The number of carbonyl (C=O) groups excluding carboxylic acids is 1. The molecular formula is C19H19N3O2S. The van der Waals surface area contributed by atoms with Gasteiger partial charge in [-0.15, -0.1) is 0 Å². The number of ether oxygens (including phenoxy) is 1. The molecule has 0 aliphatic rings. The van der Waals surface area contributed by atoms with Crippen molar-refractivity contribution in [2.24, 2.45) is 0 Å². The lowest BCUT2D eigenvalue weighted by Gasteiger charge is -2.10. The fraction of sp³-hybridized carbons (Fsp3) is 0.211. The highest BCUT2D eigenvalue weighted by atomic mass is 32.2. The standard InChI is InChI=1S/C19H19N3O2S/c1-13-11-17(18(23)12-25-19-20-9-4-10-21-19)14(2)22(13)15-5-7-16(24-3)8-6-15/h4-11H,12H2,1-3H3. The van der Waals surface area contributed by atoms with Gasteiger partial charge in [0.2, 0.25) is 0 Å². The van der Waals surface area contributed by atoms with Gasteiger partial charge in [-0.1, -0.05) is 11.8 Å². The van der Waals surface area contributed by atoms with Crippen LogP contribution in [0.1, 0.15) is 21.7 Å². The third-order valence-corrected chi connectivity index (χ3v) is 4.81. The first-order valence-electron chi connectivity index (χ1n) is 7.86. The van der Waals surface area contributed by atoms with Gasteiger partial charge in [0.25, 0.3) is 0 Å². The first-order valence-corrected chi connectivity index (χ1v) is 8.85. The molecule has 128 valence electrons. The maximum atomic E-state index is 12.6. The lowest BCUT2D eigenvalue weighted by Crippen LogP contribution is -2.06. The number of Topliss-reactive ketones (excluding diaryl/α,β-unsaturated/α-hetero) is 1. The summed E-state index contributed by atoms with van der Waals surface area (Å²) >= 11 is 1.35. The zero-order chi connectivity index (χ0) is 17.8. The van der Waals surface area contributed by atoms with Gasteiger partial charge in [0.05, 0.1) is 12.9 Å². The van der Waals surface area contributed by atoms with Gasteiger partial charge >= 0.3 is 0 Å². The number of hydrogen-bond acceptors (Lipinski definition) is 5. The van der Waals surface area contributed by atoms with Gasteiger partial charge in [0.15, 0.2) is 10.9 Å². The summed E-state index contributed by atoms with van der Waals surface area (Å²) in [5.74, 6) is 1.20. The van der Waals surface area contributed by atoms with Crippen LogP contribution < -0.4 is 4.74 Å². The van der Waals surface area contributed by atoms with E-state index >= 15 is 0 Å². The highest BCUT2D eigenvalue weighted by Crippen LogP contribution is 2.24. The average molecular weight is 353 g/mol. The minimum atomic E-state index is 0.0744. The number of methoxy groups -OCH3 is 1. The number of hydrogen-bond donors (Lipinski definition) is 0. The van der Waals surface area contributed by atoms with Crippen LogP contribution in [-0.2, 0) is 0 Å². The first-order chi connectivity index (χ1) is 12.1. The Labute approximate surface area is 151 Å². The highest BCUT2D eigenvalue weighted by molar-refractivity contribution is 7.99. The van der Waals surface area contributed by atoms with Crippen LogP contribution in [0.4, 0.5) is 0 Å². The van der Waals surface area contributed by atoms with E-state index in [1.807, 2.05) is 44.2 Å². The number of benzene rings is 1. The van der Waals surface area contributed by atoms with Crippen molar-refractivity contribution >= 4 is 17.5 Å². The SMILES string of the molecule is COc1ccc(-n2c(C)cc(C(=O)CSc3ncccn3)c2C)cc1. The molecule has 3 aromatic rings. The molecule has 0 amide bonds. The lowest BCUT2D eigenvalue weighted by atomic mass is 10.2. The molecule has 0 aliphatic carbocycles. The van der Waals surface area contributed by atoms with Gasteiger partial charge in [-0.3, -0.25) is 4.79 Å². The van der Waals surface area contributed by atoms with E-state index in [1.165, 1.54) is 11.8 Å². The van der Waals surface area contributed by atoms with Crippen molar-refractivity contribution in [2.75, 3.05) is 12.9 Å². The second-order valence-corrected chi connectivity index (χ2v) is 6.50. The third kappa shape index (κ3) is 3.74. The first kappa shape index (κ1) is 17.2. The number of nitrogens with zero attached hydrogens (tertiary/aromatic N) is 3. The molecule has 0 fully saturated rings. The Bertz CT molecular complexity index is 874. The molecule has 2 heterocycles. The molecule has 2 aromatic heterocycles. The second kappa shape index (κ2) is 7.53. The van der Waals surface area contributed by atoms with Crippen molar-refractivity contribution in [3.63, 3.8) is 0 Å². The van der Waals surface area contributed by atoms with Gasteiger partial charge in [-0.05, 0) is 50.2 Å². The summed E-state index contributed by atoms with van der Waals surface area (Å²) in [5, 5.41) is 0.611. The summed E-state index contributed by atoms with van der Waals surface area (Å²) < 4.78 is 7.28. The molecule has 6 heteroatoms. The number of rotatable bonds is 6. The molecular weight excluding hydrogens is 334 g/mol. The fourth-order valence-corrected chi connectivity index (χ4v) is 3.43. The molecule has 3 rings (SSSR count). The Kier molecular flexibility index (Phi) is 5.19. The maximum Gasteiger partial charge on any atom is 0.187 e. The molecule has 0 spiro atoms. The average Bonchev–Trinajstić information content (AvgIpc) is 2.95. The van der Waals surface area contributed by atoms with E-state index in [0.29, 0.717) is 10.9 Å². The quantitative estimate of drug-likeness (QED) is 0.382.